The molecule has 0 radical (unpaired) electrons. The van der Waals surface area contributed by atoms with Crippen LogP contribution in [0.25, 0.3) is 16.7 Å². The van der Waals surface area contributed by atoms with E-state index in [-0.39, 0.29) is 5.56 Å². The van der Waals surface area contributed by atoms with Crippen molar-refractivity contribution < 1.29 is 0 Å². The van der Waals surface area contributed by atoms with E-state index in [9.17, 15) is 4.79 Å². The van der Waals surface area contributed by atoms with Gasteiger partial charge in [-0.05, 0) is 49.2 Å². The lowest BCUT2D eigenvalue weighted by atomic mass is 10.0. The van der Waals surface area contributed by atoms with Crippen molar-refractivity contribution in [2.24, 2.45) is 0 Å². The van der Waals surface area contributed by atoms with E-state index >= 15 is 0 Å². The van der Waals surface area contributed by atoms with Gasteiger partial charge < -0.3 is 15.2 Å². The van der Waals surface area contributed by atoms with Gasteiger partial charge in [0.1, 0.15) is 5.82 Å². The molecule has 1 aliphatic heterocycles. The number of aromatic amines is 1. The number of likely N-dealkylation sites (tertiary alicyclic amines) is 1. The van der Waals surface area contributed by atoms with Crippen LogP contribution in [0.3, 0.4) is 0 Å². The van der Waals surface area contributed by atoms with E-state index in [1.807, 2.05) is 30.5 Å². The summed E-state index contributed by atoms with van der Waals surface area (Å²) in [4.78, 5) is 27.2. The number of rotatable bonds is 6. The molecule has 4 heterocycles. The van der Waals surface area contributed by atoms with Gasteiger partial charge in [-0.2, -0.15) is 5.10 Å². The number of nitrogens with zero attached hydrogens (tertiary/aromatic N) is 5. The summed E-state index contributed by atoms with van der Waals surface area (Å²) in [7, 11) is 0. The highest BCUT2D eigenvalue weighted by Gasteiger charge is 2.19. The smallest absolute Gasteiger partial charge is 0.258 e. The zero-order chi connectivity index (χ0) is 22.8. The highest BCUT2D eigenvalue weighted by atomic mass is 35.5. The molecule has 170 valence electrons. The first-order valence-electron chi connectivity index (χ1n) is 11.3. The Morgan fingerprint density at radius 2 is 2.09 bits per heavy atom. The number of pyridine rings is 1. The van der Waals surface area contributed by atoms with Gasteiger partial charge in [0.2, 0.25) is 0 Å². The van der Waals surface area contributed by atoms with Gasteiger partial charge in [-0.15, -0.1) is 0 Å². The summed E-state index contributed by atoms with van der Waals surface area (Å²) >= 11 is 6.51. The number of hydrogen-bond acceptors (Lipinski definition) is 6. The molecule has 4 aromatic rings. The van der Waals surface area contributed by atoms with E-state index < -0.39 is 0 Å². The number of fused-ring (bicyclic) bond motifs is 1. The van der Waals surface area contributed by atoms with Crippen LogP contribution in [0.15, 0.2) is 53.7 Å². The molecule has 5 rings (SSSR count). The normalized spacial score (nSPS) is 15.2. The average molecular weight is 464 g/mol. The second kappa shape index (κ2) is 9.33. The standard InChI is InChI=1S/C24H26ClN7O/c1-2-31-10-6-17(7-11-31)28-21-14-20-18(13-19(21)25)24(33)30-22(29-20)12-16-4-5-23(26-15-16)32-9-3-8-27-32/h3-5,8-9,13-15,17,28H,2,6-7,10-12H2,1H3,(H,29,30,33). The summed E-state index contributed by atoms with van der Waals surface area (Å²) in [5, 5.41) is 8.78. The number of hydrogen-bond donors (Lipinski definition) is 2. The first-order valence-corrected chi connectivity index (χ1v) is 11.6. The maximum atomic E-state index is 12.7. The maximum Gasteiger partial charge on any atom is 0.258 e. The second-order valence-electron chi connectivity index (χ2n) is 8.37. The predicted molar refractivity (Wildman–Crippen MR) is 130 cm³/mol. The lowest BCUT2D eigenvalue weighted by Crippen LogP contribution is -2.38. The Balaban J connectivity index is 1.37. The number of benzene rings is 1. The molecular weight excluding hydrogens is 438 g/mol. The van der Waals surface area contributed by atoms with Crippen molar-refractivity contribution in [2.45, 2.75) is 32.2 Å². The Morgan fingerprint density at radius 1 is 1.24 bits per heavy atom. The van der Waals surface area contributed by atoms with Crippen LogP contribution >= 0.6 is 11.6 Å². The summed E-state index contributed by atoms with van der Waals surface area (Å²) in [5.74, 6) is 1.32. The highest BCUT2D eigenvalue weighted by molar-refractivity contribution is 6.34. The molecule has 33 heavy (non-hydrogen) atoms. The summed E-state index contributed by atoms with van der Waals surface area (Å²) in [5.41, 5.74) is 2.21. The van der Waals surface area contributed by atoms with E-state index in [0.717, 1.165) is 49.5 Å². The molecule has 0 aliphatic carbocycles. The van der Waals surface area contributed by atoms with Crippen LogP contribution in [0.1, 0.15) is 31.2 Å². The zero-order valence-corrected chi connectivity index (χ0v) is 19.2. The largest absolute Gasteiger partial charge is 0.381 e. The fourth-order valence-corrected chi connectivity index (χ4v) is 4.49. The van der Waals surface area contributed by atoms with Crippen molar-refractivity contribution >= 4 is 28.2 Å². The molecule has 9 heteroatoms. The summed E-state index contributed by atoms with van der Waals surface area (Å²) in [6, 6.07) is 9.67. The number of anilines is 1. The van der Waals surface area contributed by atoms with E-state index in [0.29, 0.717) is 34.2 Å². The summed E-state index contributed by atoms with van der Waals surface area (Å²) in [6.45, 7) is 5.43. The van der Waals surface area contributed by atoms with Crippen molar-refractivity contribution in [1.29, 1.82) is 0 Å². The third kappa shape index (κ3) is 4.77. The summed E-state index contributed by atoms with van der Waals surface area (Å²) in [6.07, 6.45) is 7.93. The third-order valence-electron chi connectivity index (χ3n) is 6.16. The lowest BCUT2D eigenvalue weighted by Gasteiger charge is -2.32. The quantitative estimate of drug-likeness (QED) is 0.453. The van der Waals surface area contributed by atoms with Gasteiger partial charge in [-0.25, -0.2) is 14.6 Å². The second-order valence-corrected chi connectivity index (χ2v) is 8.77. The molecule has 0 atom stereocenters. The predicted octanol–water partition coefficient (Wildman–Crippen LogP) is 3.64. The van der Waals surface area contributed by atoms with Gasteiger partial charge in [-0.1, -0.05) is 24.6 Å². The van der Waals surface area contributed by atoms with Crippen molar-refractivity contribution in [3.63, 3.8) is 0 Å². The van der Waals surface area contributed by atoms with Crippen LogP contribution in [0.2, 0.25) is 5.02 Å². The Kier molecular flexibility index (Phi) is 6.11. The van der Waals surface area contributed by atoms with E-state index in [2.05, 4.69) is 32.2 Å². The molecular formula is C24H26ClN7O. The van der Waals surface area contributed by atoms with E-state index in [4.69, 9.17) is 16.6 Å². The first kappa shape index (κ1) is 21.6. The van der Waals surface area contributed by atoms with Crippen molar-refractivity contribution in [3.8, 4) is 5.82 Å². The Labute approximate surface area is 196 Å². The van der Waals surface area contributed by atoms with Crippen molar-refractivity contribution in [1.82, 2.24) is 29.6 Å². The zero-order valence-electron chi connectivity index (χ0n) is 18.5. The number of H-pyrrole nitrogens is 1. The Morgan fingerprint density at radius 3 is 2.79 bits per heavy atom. The van der Waals surface area contributed by atoms with Crippen LogP contribution in [0, 0.1) is 0 Å². The molecule has 1 aromatic carbocycles. The van der Waals surface area contributed by atoms with Crippen LogP contribution in [-0.2, 0) is 6.42 Å². The van der Waals surface area contributed by atoms with E-state index in [1.54, 1.807) is 23.1 Å². The number of piperidine rings is 1. The SMILES string of the molecule is CCN1CCC(Nc2cc3nc(Cc4ccc(-n5cccn5)nc4)[nH]c(=O)c3cc2Cl)CC1. The van der Waals surface area contributed by atoms with Crippen molar-refractivity contribution in [2.75, 3.05) is 25.0 Å². The molecule has 1 fully saturated rings. The monoisotopic (exact) mass is 463 g/mol. The molecule has 1 aliphatic rings. The van der Waals surface area contributed by atoms with Crippen LogP contribution < -0.4 is 10.9 Å². The van der Waals surface area contributed by atoms with Crippen molar-refractivity contribution in [3.05, 3.63) is 75.7 Å². The molecule has 3 aromatic heterocycles. The number of aromatic nitrogens is 5. The molecule has 0 unspecified atom stereocenters. The lowest BCUT2D eigenvalue weighted by molar-refractivity contribution is 0.229. The Hall–Kier alpha value is -3.23. The molecule has 1 saturated heterocycles. The number of halogens is 1. The first-order chi connectivity index (χ1) is 16.1. The molecule has 0 saturated carbocycles. The minimum absolute atomic E-state index is 0.194. The minimum atomic E-state index is -0.194. The third-order valence-corrected chi connectivity index (χ3v) is 6.47. The van der Waals surface area contributed by atoms with Gasteiger partial charge in [0.05, 0.1) is 21.6 Å². The van der Waals surface area contributed by atoms with E-state index in [1.165, 1.54) is 0 Å². The van der Waals surface area contributed by atoms with Crippen LogP contribution in [0.4, 0.5) is 5.69 Å². The van der Waals surface area contributed by atoms with Gasteiger partial charge in [0, 0.05) is 44.1 Å². The maximum absolute atomic E-state index is 12.7. The van der Waals surface area contributed by atoms with Gasteiger partial charge in [0.25, 0.3) is 5.56 Å². The Bertz CT molecular complexity index is 1290. The van der Waals surface area contributed by atoms with Crippen LogP contribution in [0.5, 0.6) is 0 Å². The molecule has 2 N–H and O–H groups in total. The average Bonchev–Trinajstić information content (AvgIpc) is 3.36. The molecule has 0 amide bonds. The highest BCUT2D eigenvalue weighted by Crippen LogP contribution is 2.28. The van der Waals surface area contributed by atoms with Crippen LogP contribution in [-0.4, -0.2) is 55.3 Å². The number of nitrogens with one attached hydrogen (secondary N) is 2. The fourth-order valence-electron chi connectivity index (χ4n) is 4.27. The topological polar surface area (TPSA) is 91.7 Å². The van der Waals surface area contributed by atoms with Gasteiger partial charge in [-0.3, -0.25) is 4.79 Å². The van der Waals surface area contributed by atoms with Gasteiger partial charge in [0.15, 0.2) is 5.82 Å². The molecule has 8 nitrogen and oxygen atoms in total. The fraction of sp³-hybridized carbons (Fsp3) is 0.333. The summed E-state index contributed by atoms with van der Waals surface area (Å²) < 4.78 is 1.70. The molecule has 0 spiro atoms. The van der Waals surface area contributed by atoms with Gasteiger partial charge >= 0.3 is 0 Å². The molecule has 0 bridgehead atoms. The minimum Gasteiger partial charge on any atom is -0.381 e.